The van der Waals surface area contributed by atoms with Crippen molar-refractivity contribution in [3.05, 3.63) is 71.0 Å². The molecule has 0 spiro atoms. The molecule has 0 aromatic heterocycles. The van der Waals surface area contributed by atoms with Gasteiger partial charge in [0, 0.05) is 11.1 Å². The van der Waals surface area contributed by atoms with E-state index in [-0.39, 0.29) is 16.6 Å². The Morgan fingerprint density at radius 2 is 1.86 bits per heavy atom. The van der Waals surface area contributed by atoms with Crippen LogP contribution >= 0.6 is 15.9 Å². The van der Waals surface area contributed by atoms with Gasteiger partial charge in [0.25, 0.3) is 0 Å². The molecule has 2 unspecified atom stereocenters. The summed E-state index contributed by atoms with van der Waals surface area (Å²) in [6, 6.07) is 13.5. The van der Waals surface area contributed by atoms with E-state index in [1.54, 1.807) is 18.2 Å². The van der Waals surface area contributed by atoms with E-state index in [4.69, 9.17) is 4.74 Å². The van der Waals surface area contributed by atoms with Crippen molar-refractivity contribution in [1.82, 2.24) is 0 Å². The number of carbonyl (C=O) groups is 1. The predicted molar refractivity (Wildman–Crippen MR) is 82.0 cm³/mol. The average molecular weight is 349 g/mol. The van der Waals surface area contributed by atoms with Gasteiger partial charge in [-0.15, -0.1) is 0 Å². The second-order valence-corrected chi connectivity index (χ2v) is 6.16. The number of hydrogen-bond donors (Lipinski definition) is 0. The summed E-state index contributed by atoms with van der Waals surface area (Å²) in [5.41, 5.74) is 1.26. The fraction of sp³-hybridized carbons (Fsp3) is 0.235. The van der Waals surface area contributed by atoms with Gasteiger partial charge in [-0.25, -0.2) is 9.18 Å². The van der Waals surface area contributed by atoms with E-state index in [9.17, 15) is 9.18 Å². The largest absolute Gasteiger partial charge is 0.444 e. The molecule has 2 atom stereocenters. The Balaban J connectivity index is 2.25. The minimum absolute atomic E-state index is 0.0944. The third-order valence-corrected chi connectivity index (χ3v) is 5.17. The van der Waals surface area contributed by atoms with Crippen molar-refractivity contribution >= 4 is 21.9 Å². The maximum atomic E-state index is 13.2. The molecule has 0 radical (unpaired) electrons. The Kier molecular flexibility index (Phi) is 3.57. The minimum Gasteiger partial charge on any atom is -0.444 e. The van der Waals surface area contributed by atoms with Crippen molar-refractivity contribution in [1.29, 1.82) is 0 Å². The van der Waals surface area contributed by atoms with E-state index in [1.165, 1.54) is 12.1 Å². The summed E-state index contributed by atoms with van der Waals surface area (Å²) in [6.07, 6.45) is 0.763. The number of cyclic esters (lactones) is 1. The van der Waals surface area contributed by atoms with Gasteiger partial charge in [0.1, 0.15) is 5.82 Å². The zero-order valence-electron chi connectivity index (χ0n) is 11.5. The van der Waals surface area contributed by atoms with Gasteiger partial charge < -0.3 is 4.74 Å². The average Bonchev–Trinajstić information content (AvgIpc) is 2.82. The SMILES string of the molecule is CCC(Br)C1(c2ccc(F)cc2)OC(=O)c2ccccc21. The highest BCUT2D eigenvalue weighted by Crippen LogP contribution is 2.47. The monoisotopic (exact) mass is 348 g/mol. The van der Waals surface area contributed by atoms with Crippen LogP contribution in [0.3, 0.4) is 0 Å². The minimum atomic E-state index is -0.907. The molecule has 2 aromatic rings. The third-order valence-electron chi connectivity index (χ3n) is 3.87. The number of alkyl halides is 1. The van der Waals surface area contributed by atoms with Crippen LogP contribution in [0, 0.1) is 5.82 Å². The molecule has 0 saturated heterocycles. The van der Waals surface area contributed by atoms with Gasteiger partial charge in [0.15, 0.2) is 5.60 Å². The number of halogens is 2. The Morgan fingerprint density at radius 1 is 1.19 bits per heavy atom. The third kappa shape index (κ3) is 2.09. The highest BCUT2D eigenvalue weighted by atomic mass is 79.9. The second kappa shape index (κ2) is 5.26. The first kappa shape index (κ1) is 14.3. The summed E-state index contributed by atoms with van der Waals surface area (Å²) < 4.78 is 19.0. The normalized spacial score (nSPS) is 21.8. The van der Waals surface area contributed by atoms with E-state index in [2.05, 4.69) is 15.9 Å². The Bertz CT molecular complexity index is 683. The van der Waals surface area contributed by atoms with Gasteiger partial charge in [-0.3, -0.25) is 0 Å². The lowest BCUT2D eigenvalue weighted by atomic mass is 9.82. The number of rotatable bonds is 3. The van der Waals surface area contributed by atoms with E-state index in [0.717, 1.165) is 17.5 Å². The maximum Gasteiger partial charge on any atom is 0.339 e. The predicted octanol–water partition coefficient (Wildman–Crippen LogP) is 4.41. The van der Waals surface area contributed by atoms with Gasteiger partial charge >= 0.3 is 5.97 Å². The first-order chi connectivity index (χ1) is 10.1. The Morgan fingerprint density at radius 3 is 2.52 bits per heavy atom. The van der Waals surface area contributed by atoms with Crippen molar-refractivity contribution in [3.8, 4) is 0 Å². The van der Waals surface area contributed by atoms with Crippen LogP contribution in [0.4, 0.5) is 4.39 Å². The van der Waals surface area contributed by atoms with Crippen LogP contribution < -0.4 is 0 Å². The molecule has 2 nitrogen and oxygen atoms in total. The van der Waals surface area contributed by atoms with Gasteiger partial charge in [0.05, 0.1) is 10.4 Å². The fourth-order valence-corrected chi connectivity index (χ4v) is 3.46. The van der Waals surface area contributed by atoms with Crippen molar-refractivity contribution in [2.75, 3.05) is 0 Å². The lowest BCUT2D eigenvalue weighted by molar-refractivity contribution is 0.0102. The Labute approximate surface area is 131 Å². The van der Waals surface area contributed by atoms with Crippen molar-refractivity contribution < 1.29 is 13.9 Å². The molecule has 0 amide bonds. The van der Waals surface area contributed by atoms with E-state index >= 15 is 0 Å². The highest BCUT2D eigenvalue weighted by Gasteiger charge is 2.50. The number of benzene rings is 2. The first-order valence-corrected chi connectivity index (χ1v) is 7.74. The number of hydrogen-bond acceptors (Lipinski definition) is 2. The quantitative estimate of drug-likeness (QED) is 0.606. The van der Waals surface area contributed by atoms with Crippen LogP contribution in [0.25, 0.3) is 0 Å². The van der Waals surface area contributed by atoms with Crippen molar-refractivity contribution in [3.63, 3.8) is 0 Å². The summed E-state index contributed by atoms with van der Waals surface area (Å²) >= 11 is 3.64. The van der Waals surface area contributed by atoms with Crippen molar-refractivity contribution in [2.24, 2.45) is 0 Å². The van der Waals surface area contributed by atoms with Crippen LogP contribution in [-0.2, 0) is 10.3 Å². The fourth-order valence-electron chi connectivity index (χ4n) is 2.85. The number of ether oxygens (including phenoxy) is 1. The standard InChI is InChI=1S/C17H14BrFO2/c1-2-15(18)17(11-7-9-12(19)10-8-11)14-6-4-3-5-13(14)16(20)21-17/h3-10,15H,2H2,1H3. The van der Waals surface area contributed by atoms with Crippen LogP contribution in [0.15, 0.2) is 48.5 Å². The van der Waals surface area contributed by atoms with Gasteiger partial charge in [-0.2, -0.15) is 0 Å². The molecule has 0 saturated carbocycles. The molecule has 1 aliphatic rings. The topological polar surface area (TPSA) is 26.3 Å². The molecule has 4 heteroatoms. The summed E-state index contributed by atoms with van der Waals surface area (Å²) in [6.45, 7) is 2.01. The second-order valence-electron chi connectivity index (χ2n) is 5.05. The molecule has 108 valence electrons. The van der Waals surface area contributed by atoms with E-state index < -0.39 is 5.60 Å². The summed E-state index contributed by atoms with van der Waals surface area (Å²) in [7, 11) is 0. The molecule has 0 bridgehead atoms. The van der Waals surface area contributed by atoms with E-state index in [0.29, 0.717) is 5.56 Å². The van der Waals surface area contributed by atoms with Gasteiger partial charge in [0.2, 0.25) is 0 Å². The summed E-state index contributed by atoms with van der Waals surface area (Å²) in [5, 5.41) is 0. The van der Waals surface area contributed by atoms with Gasteiger partial charge in [-0.05, 0) is 24.6 Å². The molecule has 1 heterocycles. The Hall–Kier alpha value is -1.68. The number of fused-ring (bicyclic) bond motifs is 1. The molecule has 0 N–H and O–H groups in total. The molecule has 21 heavy (non-hydrogen) atoms. The van der Waals surface area contributed by atoms with E-state index in [1.807, 2.05) is 25.1 Å². The molecular weight excluding hydrogens is 335 g/mol. The van der Waals surface area contributed by atoms with Gasteiger partial charge in [-0.1, -0.05) is 53.2 Å². The zero-order valence-corrected chi connectivity index (χ0v) is 13.1. The van der Waals surface area contributed by atoms with Crippen LogP contribution in [0.1, 0.15) is 34.8 Å². The molecule has 0 fully saturated rings. The maximum absolute atomic E-state index is 13.2. The summed E-state index contributed by atoms with van der Waals surface area (Å²) in [4.78, 5) is 12.1. The van der Waals surface area contributed by atoms with Crippen LogP contribution in [0.2, 0.25) is 0 Å². The number of carbonyl (C=O) groups excluding carboxylic acids is 1. The molecule has 1 aliphatic heterocycles. The smallest absolute Gasteiger partial charge is 0.339 e. The van der Waals surface area contributed by atoms with Crippen molar-refractivity contribution in [2.45, 2.75) is 23.8 Å². The number of esters is 1. The molecule has 3 rings (SSSR count). The molecular formula is C17H14BrFO2. The molecule has 2 aromatic carbocycles. The van der Waals surface area contributed by atoms with Crippen LogP contribution in [-0.4, -0.2) is 10.8 Å². The first-order valence-electron chi connectivity index (χ1n) is 6.82. The zero-order chi connectivity index (χ0) is 15.0. The highest BCUT2D eigenvalue weighted by molar-refractivity contribution is 9.09. The summed E-state index contributed by atoms with van der Waals surface area (Å²) in [5.74, 6) is -0.651. The van der Waals surface area contributed by atoms with Crippen LogP contribution in [0.5, 0.6) is 0 Å². The lowest BCUT2D eigenvalue weighted by Crippen LogP contribution is -2.37. The molecule has 0 aliphatic carbocycles. The lowest BCUT2D eigenvalue weighted by Gasteiger charge is -2.33.